The van der Waals surface area contributed by atoms with Gasteiger partial charge < -0.3 is 14.7 Å². The first-order valence-electron chi connectivity index (χ1n) is 6.66. The number of ether oxygens (including phenoxy) is 1. The van der Waals surface area contributed by atoms with Crippen LogP contribution in [0.5, 0.6) is 5.75 Å². The minimum Gasteiger partial charge on any atom is -0.484 e. The van der Waals surface area contributed by atoms with Gasteiger partial charge in [0.05, 0.1) is 6.10 Å². The summed E-state index contributed by atoms with van der Waals surface area (Å²) in [7, 11) is 1.75. The van der Waals surface area contributed by atoms with E-state index in [1.54, 1.807) is 18.9 Å². The van der Waals surface area contributed by atoms with Crippen LogP contribution in [0.3, 0.4) is 0 Å². The molecule has 0 aliphatic rings. The number of hydrogen-bond donors (Lipinski definition) is 1. The van der Waals surface area contributed by atoms with Crippen LogP contribution in [0.25, 0.3) is 0 Å². The van der Waals surface area contributed by atoms with Crippen molar-refractivity contribution in [1.29, 1.82) is 0 Å². The van der Waals surface area contributed by atoms with Crippen LogP contribution in [-0.4, -0.2) is 42.2 Å². The van der Waals surface area contributed by atoms with Crippen LogP contribution in [0.15, 0.2) is 24.3 Å². The number of amides is 1. The van der Waals surface area contributed by atoms with Gasteiger partial charge in [0.15, 0.2) is 6.61 Å². The molecule has 0 aliphatic carbocycles. The van der Waals surface area contributed by atoms with Crippen molar-refractivity contribution in [1.82, 2.24) is 4.90 Å². The third kappa shape index (κ3) is 5.75. The van der Waals surface area contributed by atoms with Crippen molar-refractivity contribution in [3.63, 3.8) is 0 Å². The van der Waals surface area contributed by atoms with E-state index in [4.69, 9.17) is 4.74 Å². The summed E-state index contributed by atoms with van der Waals surface area (Å²) in [5.74, 6) is 0.666. The van der Waals surface area contributed by atoms with Gasteiger partial charge in [-0.1, -0.05) is 12.1 Å². The molecule has 1 aromatic carbocycles. The number of hydrogen-bond acceptors (Lipinski definition) is 3. The molecule has 0 spiro atoms. The van der Waals surface area contributed by atoms with Crippen LogP contribution in [0.1, 0.15) is 25.8 Å². The van der Waals surface area contributed by atoms with Crippen LogP contribution in [0, 0.1) is 0 Å². The number of rotatable bonds is 7. The predicted octanol–water partition coefficient (Wildman–Crippen LogP) is 1.86. The summed E-state index contributed by atoms with van der Waals surface area (Å²) >= 11 is 0. The van der Waals surface area contributed by atoms with Crippen molar-refractivity contribution in [2.75, 3.05) is 20.2 Å². The number of likely N-dealkylation sites (N-methyl/N-ethyl adjacent to an activating group) is 1. The van der Waals surface area contributed by atoms with Crippen molar-refractivity contribution >= 4 is 5.91 Å². The minimum atomic E-state index is -0.280. The van der Waals surface area contributed by atoms with Crippen LogP contribution in [-0.2, 0) is 11.2 Å². The maximum atomic E-state index is 11.6. The Morgan fingerprint density at radius 2 is 2.00 bits per heavy atom. The van der Waals surface area contributed by atoms with Crippen molar-refractivity contribution < 1.29 is 14.6 Å². The molecule has 0 saturated carbocycles. The zero-order valence-electron chi connectivity index (χ0n) is 11.9. The van der Waals surface area contributed by atoms with Gasteiger partial charge in [0.2, 0.25) is 0 Å². The van der Waals surface area contributed by atoms with Crippen molar-refractivity contribution in [2.24, 2.45) is 0 Å². The number of nitrogens with zero attached hydrogens (tertiary/aromatic N) is 1. The van der Waals surface area contributed by atoms with E-state index in [0.717, 1.165) is 18.4 Å². The summed E-state index contributed by atoms with van der Waals surface area (Å²) in [5, 5.41) is 9.22. The SMILES string of the molecule is CCN(C)C(=O)COc1ccc(CCC(C)O)cc1. The van der Waals surface area contributed by atoms with E-state index in [9.17, 15) is 9.90 Å². The van der Waals surface area contributed by atoms with Gasteiger partial charge >= 0.3 is 0 Å². The highest BCUT2D eigenvalue weighted by atomic mass is 16.5. The first-order chi connectivity index (χ1) is 9.02. The van der Waals surface area contributed by atoms with Crippen LogP contribution in [0.4, 0.5) is 0 Å². The fraction of sp³-hybridized carbons (Fsp3) is 0.533. The monoisotopic (exact) mass is 265 g/mol. The van der Waals surface area contributed by atoms with E-state index in [1.807, 2.05) is 31.2 Å². The maximum absolute atomic E-state index is 11.6. The summed E-state index contributed by atoms with van der Waals surface area (Å²) in [6.07, 6.45) is 1.31. The average molecular weight is 265 g/mol. The average Bonchev–Trinajstić information content (AvgIpc) is 2.42. The third-order valence-electron chi connectivity index (χ3n) is 3.04. The van der Waals surface area contributed by atoms with Gasteiger partial charge in [-0.3, -0.25) is 4.79 Å². The van der Waals surface area contributed by atoms with Gasteiger partial charge in [-0.15, -0.1) is 0 Å². The summed E-state index contributed by atoms with van der Waals surface area (Å²) in [6, 6.07) is 7.64. The molecule has 0 aliphatic heterocycles. The molecule has 0 saturated heterocycles. The Hall–Kier alpha value is -1.55. The molecule has 4 nitrogen and oxygen atoms in total. The molecular formula is C15H23NO3. The summed E-state index contributed by atoms with van der Waals surface area (Å²) in [6.45, 7) is 4.46. The van der Waals surface area contributed by atoms with E-state index in [2.05, 4.69) is 0 Å². The Bertz CT molecular complexity index is 387. The van der Waals surface area contributed by atoms with Crippen molar-refractivity contribution in [2.45, 2.75) is 32.8 Å². The number of benzene rings is 1. The summed E-state index contributed by atoms with van der Waals surface area (Å²) < 4.78 is 5.43. The van der Waals surface area contributed by atoms with E-state index < -0.39 is 0 Å². The molecule has 1 aromatic rings. The highest BCUT2D eigenvalue weighted by Crippen LogP contribution is 2.14. The smallest absolute Gasteiger partial charge is 0.260 e. The zero-order chi connectivity index (χ0) is 14.3. The Morgan fingerprint density at radius 3 is 2.53 bits per heavy atom. The second-order valence-corrected chi connectivity index (χ2v) is 4.73. The molecule has 0 fully saturated rings. The van der Waals surface area contributed by atoms with Crippen LogP contribution in [0.2, 0.25) is 0 Å². The van der Waals surface area contributed by atoms with Crippen LogP contribution >= 0.6 is 0 Å². The van der Waals surface area contributed by atoms with Crippen molar-refractivity contribution in [3.8, 4) is 5.75 Å². The number of aryl methyl sites for hydroxylation is 1. The molecule has 106 valence electrons. The topological polar surface area (TPSA) is 49.8 Å². The predicted molar refractivity (Wildman–Crippen MR) is 75.2 cm³/mol. The van der Waals surface area contributed by atoms with Gasteiger partial charge in [-0.25, -0.2) is 0 Å². The molecule has 1 rings (SSSR count). The number of aliphatic hydroxyl groups is 1. The van der Waals surface area contributed by atoms with Gasteiger partial charge in [0.1, 0.15) is 5.75 Å². The lowest BCUT2D eigenvalue weighted by atomic mass is 10.1. The Labute approximate surface area is 115 Å². The molecule has 4 heteroatoms. The largest absolute Gasteiger partial charge is 0.484 e. The number of carbonyl (C=O) groups is 1. The molecule has 0 bridgehead atoms. The Balaban J connectivity index is 2.42. The first kappa shape index (κ1) is 15.5. The quantitative estimate of drug-likeness (QED) is 0.818. The van der Waals surface area contributed by atoms with Gasteiger partial charge in [0, 0.05) is 13.6 Å². The Morgan fingerprint density at radius 1 is 1.37 bits per heavy atom. The lowest BCUT2D eigenvalue weighted by Crippen LogP contribution is -2.31. The molecule has 19 heavy (non-hydrogen) atoms. The molecular weight excluding hydrogens is 242 g/mol. The molecule has 0 aromatic heterocycles. The lowest BCUT2D eigenvalue weighted by molar-refractivity contribution is -0.131. The molecule has 1 atom stereocenters. The number of carbonyl (C=O) groups excluding carboxylic acids is 1. The van der Waals surface area contributed by atoms with Crippen molar-refractivity contribution in [3.05, 3.63) is 29.8 Å². The molecule has 0 heterocycles. The molecule has 0 radical (unpaired) electrons. The summed E-state index contributed by atoms with van der Waals surface area (Å²) in [5.41, 5.74) is 1.16. The molecule has 1 N–H and O–H groups in total. The second kappa shape index (κ2) is 7.79. The highest BCUT2D eigenvalue weighted by Gasteiger charge is 2.07. The maximum Gasteiger partial charge on any atom is 0.260 e. The van der Waals surface area contributed by atoms with Gasteiger partial charge in [-0.05, 0) is 44.4 Å². The van der Waals surface area contributed by atoms with E-state index in [0.29, 0.717) is 12.3 Å². The third-order valence-corrected chi connectivity index (χ3v) is 3.04. The van der Waals surface area contributed by atoms with Gasteiger partial charge in [0.25, 0.3) is 5.91 Å². The van der Waals surface area contributed by atoms with E-state index >= 15 is 0 Å². The normalized spacial score (nSPS) is 12.0. The fourth-order valence-electron chi connectivity index (χ4n) is 1.56. The van der Waals surface area contributed by atoms with Gasteiger partial charge in [-0.2, -0.15) is 0 Å². The standard InChI is InChI=1S/C15H23NO3/c1-4-16(3)15(18)11-19-14-9-7-13(8-10-14)6-5-12(2)17/h7-10,12,17H,4-6,11H2,1-3H3. The van der Waals surface area contributed by atoms with E-state index in [-0.39, 0.29) is 18.6 Å². The summed E-state index contributed by atoms with van der Waals surface area (Å²) in [4.78, 5) is 13.2. The number of aliphatic hydroxyl groups excluding tert-OH is 1. The van der Waals surface area contributed by atoms with E-state index in [1.165, 1.54) is 0 Å². The minimum absolute atomic E-state index is 0.0271. The zero-order valence-corrected chi connectivity index (χ0v) is 11.9. The molecule has 1 unspecified atom stereocenters. The Kier molecular flexibility index (Phi) is 6.36. The molecule has 1 amide bonds. The lowest BCUT2D eigenvalue weighted by Gasteiger charge is -2.14. The highest BCUT2D eigenvalue weighted by molar-refractivity contribution is 5.77. The first-order valence-corrected chi connectivity index (χ1v) is 6.66. The fourth-order valence-corrected chi connectivity index (χ4v) is 1.56. The van der Waals surface area contributed by atoms with Crippen LogP contribution < -0.4 is 4.74 Å². The second-order valence-electron chi connectivity index (χ2n) is 4.73.